The Morgan fingerprint density at radius 1 is 1.33 bits per heavy atom. The summed E-state index contributed by atoms with van der Waals surface area (Å²) >= 11 is 5.96. The van der Waals surface area contributed by atoms with Crippen molar-refractivity contribution in [1.29, 1.82) is 0 Å². The smallest absolute Gasteiger partial charge is 0.417 e. The second-order valence-corrected chi connectivity index (χ2v) is 8.45. The molecular formula is C22H25ClF3N3O4. The molecule has 1 aliphatic rings. The van der Waals surface area contributed by atoms with E-state index in [1.165, 1.54) is 0 Å². The SMILES string of the molecule is Cc1cc(Cl)ccc1OC1CCN(C[C@H](O)CNC(=O)c2c[nH]c(=O)cc2C(F)(F)F)CC1. The molecule has 1 saturated heterocycles. The minimum Gasteiger partial charge on any atom is -0.490 e. The summed E-state index contributed by atoms with van der Waals surface area (Å²) in [6, 6.07) is 5.78. The zero-order chi connectivity index (χ0) is 24.2. The molecule has 7 nitrogen and oxygen atoms in total. The first-order chi connectivity index (χ1) is 15.5. The van der Waals surface area contributed by atoms with Crippen LogP contribution in [0.5, 0.6) is 5.75 Å². The van der Waals surface area contributed by atoms with Crippen molar-refractivity contribution < 1.29 is 27.8 Å². The van der Waals surface area contributed by atoms with Gasteiger partial charge < -0.3 is 25.0 Å². The fourth-order valence-electron chi connectivity index (χ4n) is 3.70. The number of β-amino-alcohol motifs (C(OH)–C–C–N with tert-alkyl or cyclic N) is 1. The Morgan fingerprint density at radius 3 is 2.67 bits per heavy atom. The van der Waals surface area contributed by atoms with Crippen LogP contribution in [0.25, 0.3) is 0 Å². The van der Waals surface area contributed by atoms with Crippen molar-refractivity contribution in [2.75, 3.05) is 26.2 Å². The second-order valence-electron chi connectivity index (χ2n) is 8.01. The Hall–Kier alpha value is -2.56. The molecule has 0 bridgehead atoms. The summed E-state index contributed by atoms with van der Waals surface area (Å²) in [6.07, 6.45) is -3.58. The van der Waals surface area contributed by atoms with Crippen molar-refractivity contribution in [3.8, 4) is 5.75 Å². The molecular weight excluding hydrogens is 463 g/mol. The molecule has 0 radical (unpaired) electrons. The fourth-order valence-corrected chi connectivity index (χ4v) is 3.92. The van der Waals surface area contributed by atoms with Crippen molar-refractivity contribution in [2.45, 2.75) is 38.1 Å². The van der Waals surface area contributed by atoms with E-state index in [9.17, 15) is 27.9 Å². The van der Waals surface area contributed by atoms with Gasteiger partial charge in [-0.1, -0.05) is 11.6 Å². The van der Waals surface area contributed by atoms with E-state index in [0.29, 0.717) is 24.2 Å². The Kier molecular flexibility index (Phi) is 8.04. The van der Waals surface area contributed by atoms with Crippen LogP contribution < -0.4 is 15.6 Å². The summed E-state index contributed by atoms with van der Waals surface area (Å²) in [5.74, 6) is -0.246. The van der Waals surface area contributed by atoms with Crippen LogP contribution in [-0.2, 0) is 6.18 Å². The molecule has 2 aromatic rings. The summed E-state index contributed by atoms with van der Waals surface area (Å²) in [6.45, 7) is 3.28. The third-order valence-corrected chi connectivity index (χ3v) is 5.64. The number of hydrogen-bond donors (Lipinski definition) is 3. The number of pyridine rings is 1. The number of ether oxygens (including phenoxy) is 1. The summed E-state index contributed by atoms with van der Waals surface area (Å²) < 4.78 is 45.3. The highest BCUT2D eigenvalue weighted by Gasteiger charge is 2.36. The zero-order valence-electron chi connectivity index (χ0n) is 17.9. The number of aromatic nitrogens is 1. The molecule has 1 atom stereocenters. The maximum Gasteiger partial charge on any atom is 0.417 e. The maximum atomic E-state index is 13.1. The minimum atomic E-state index is -4.85. The monoisotopic (exact) mass is 487 g/mol. The largest absolute Gasteiger partial charge is 0.490 e. The van der Waals surface area contributed by atoms with Gasteiger partial charge in [0.2, 0.25) is 5.56 Å². The molecule has 0 spiro atoms. The molecule has 1 amide bonds. The number of likely N-dealkylation sites (tertiary alicyclic amines) is 1. The van der Waals surface area contributed by atoms with Gasteiger partial charge in [-0.25, -0.2) is 0 Å². The zero-order valence-corrected chi connectivity index (χ0v) is 18.7. The predicted octanol–water partition coefficient (Wildman–Crippen LogP) is 2.99. The van der Waals surface area contributed by atoms with E-state index in [-0.39, 0.29) is 19.2 Å². The number of halogens is 4. The second kappa shape index (κ2) is 10.6. The van der Waals surface area contributed by atoms with Crippen LogP contribution in [0.4, 0.5) is 13.2 Å². The predicted molar refractivity (Wildman–Crippen MR) is 117 cm³/mol. The molecule has 0 unspecified atom stereocenters. The van der Waals surface area contributed by atoms with Crippen molar-refractivity contribution in [1.82, 2.24) is 15.2 Å². The third kappa shape index (κ3) is 6.96. The summed E-state index contributed by atoms with van der Waals surface area (Å²) in [5.41, 5.74) is -2.04. The number of aromatic amines is 1. The molecule has 1 aromatic heterocycles. The van der Waals surface area contributed by atoms with E-state index in [2.05, 4.69) is 10.3 Å². The van der Waals surface area contributed by atoms with Gasteiger partial charge in [-0.15, -0.1) is 0 Å². The fraction of sp³-hybridized carbons (Fsp3) is 0.455. The lowest BCUT2D eigenvalue weighted by Gasteiger charge is -2.33. The number of aliphatic hydroxyl groups is 1. The number of alkyl halides is 3. The first-order valence-corrected chi connectivity index (χ1v) is 10.8. The molecule has 3 N–H and O–H groups in total. The average Bonchev–Trinajstić information content (AvgIpc) is 2.74. The maximum absolute atomic E-state index is 13.1. The van der Waals surface area contributed by atoms with E-state index in [1.54, 1.807) is 6.07 Å². The number of amides is 1. The number of H-pyrrole nitrogens is 1. The summed E-state index contributed by atoms with van der Waals surface area (Å²) in [7, 11) is 0. The van der Waals surface area contributed by atoms with E-state index in [4.69, 9.17) is 16.3 Å². The van der Waals surface area contributed by atoms with Gasteiger partial charge in [-0.05, 0) is 43.5 Å². The molecule has 33 heavy (non-hydrogen) atoms. The van der Waals surface area contributed by atoms with Crippen LogP contribution in [0.2, 0.25) is 5.02 Å². The number of rotatable bonds is 7. The number of carbonyl (C=O) groups excluding carboxylic acids is 1. The first-order valence-electron chi connectivity index (χ1n) is 10.4. The number of aryl methyl sites for hydroxylation is 1. The number of nitrogens with one attached hydrogen (secondary N) is 2. The molecule has 180 valence electrons. The Morgan fingerprint density at radius 2 is 2.03 bits per heavy atom. The molecule has 11 heteroatoms. The van der Waals surface area contributed by atoms with Gasteiger partial charge >= 0.3 is 6.18 Å². The van der Waals surface area contributed by atoms with Crippen LogP contribution in [0, 0.1) is 6.92 Å². The first kappa shape index (κ1) is 25.1. The van der Waals surface area contributed by atoms with Gasteiger partial charge in [0.25, 0.3) is 5.91 Å². The molecule has 1 aromatic carbocycles. The van der Waals surface area contributed by atoms with E-state index >= 15 is 0 Å². The van der Waals surface area contributed by atoms with E-state index in [1.807, 2.05) is 24.0 Å². The summed E-state index contributed by atoms with van der Waals surface area (Å²) in [4.78, 5) is 27.5. The normalized spacial score (nSPS) is 16.4. The molecule has 0 aliphatic carbocycles. The molecule has 3 rings (SSSR count). The lowest BCUT2D eigenvalue weighted by molar-refractivity contribution is -0.138. The number of piperidine rings is 1. The van der Waals surface area contributed by atoms with Crippen molar-refractivity contribution in [3.05, 3.63) is 62.5 Å². The van der Waals surface area contributed by atoms with Crippen LogP contribution in [0.15, 0.2) is 35.3 Å². The highest BCUT2D eigenvalue weighted by Crippen LogP contribution is 2.30. The standard InChI is InChI=1S/C22H25ClF3N3O4/c1-13-8-14(23)2-3-19(13)33-16-4-6-29(7-5-16)12-15(30)10-28-21(32)17-11-27-20(31)9-18(17)22(24,25)26/h2-3,8-9,11,15-16,30H,4-7,10,12H2,1H3,(H,27,31)(H,28,32)/t15-/m1/s1. The van der Waals surface area contributed by atoms with Gasteiger partial charge in [0, 0.05) is 43.5 Å². The third-order valence-electron chi connectivity index (χ3n) is 5.41. The van der Waals surface area contributed by atoms with Gasteiger partial charge in [0.15, 0.2) is 0 Å². The van der Waals surface area contributed by atoms with Gasteiger partial charge in [0.1, 0.15) is 11.9 Å². The number of nitrogens with zero attached hydrogens (tertiary/aromatic N) is 1. The van der Waals surface area contributed by atoms with Crippen molar-refractivity contribution >= 4 is 17.5 Å². The van der Waals surface area contributed by atoms with E-state index in [0.717, 1.165) is 30.4 Å². The quantitative estimate of drug-likeness (QED) is 0.558. The molecule has 1 fully saturated rings. The van der Waals surface area contributed by atoms with Gasteiger partial charge in [-0.3, -0.25) is 9.59 Å². The minimum absolute atomic E-state index is 0.0268. The van der Waals surface area contributed by atoms with Crippen molar-refractivity contribution in [2.24, 2.45) is 0 Å². The van der Waals surface area contributed by atoms with Crippen LogP contribution in [0.1, 0.15) is 34.3 Å². The summed E-state index contributed by atoms with van der Waals surface area (Å²) in [5, 5.41) is 13.2. The van der Waals surface area contributed by atoms with Crippen LogP contribution in [-0.4, -0.2) is 59.3 Å². The highest BCUT2D eigenvalue weighted by molar-refractivity contribution is 6.30. The Labute approximate surface area is 193 Å². The average molecular weight is 488 g/mol. The lowest BCUT2D eigenvalue weighted by atomic mass is 10.1. The van der Waals surface area contributed by atoms with E-state index < -0.39 is 34.9 Å². The van der Waals surface area contributed by atoms with Gasteiger partial charge in [-0.2, -0.15) is 13.2 Å². The van der Waals surface area contributed by atoms with Crippen LogP contribution >= 0.6 is 11.6 Å². The topological polar surface area (TPSA) is 94.7 Å². The molecule has 2 heterocycles. The van der Waals surface area contributed by atoms with Gasteiger partial charge in [0.05, 0.1) is 17.2 Å². The Balaban J connectivity index is 1.46. The molecule has 0 saturated carbocycles. The molecule has 1 aliphatic heterocycles. The lowest BCUT2D eigenvalue weighted by Crippen LogP contribution is -2.45. The number of benzene rings is 1. The number of carbonyl (C=O) groups is 1. The number of aliphatic hydroxyl groups excluding tert-OH is 1. The van der Waals surface area contributed by atoms with Crippen molar-refractivity contribution in [3.63, 3.8) is 0 Å². The number of hydrogen-bond acceptors (Lipinski definition) is 5. The highest BCUT2D eigenvalue weighted by atomic mass is 35.5. The van der Waals surface area contributed by atoms with Crippen LogP contribution in [0.3, 0.4) is 0 Å². The Bertz CT molecular complexity index is 1040.